The minimum absolute atomic E-state index is 0.102. The van der Waals surface area contributed by atoms with E-state index in [1.807, 2.05) is 85.8 Å². The number of carbonyl (C=O) groups excluding carboxylic acids is 1. The molecule has 39 heavy (non-hydrogen) atoms. The fraction of sp³-hybridized carbons (Fsp3) is 0.152. The number of carboxylic acid groups (broad SMARTS) is 1. The van der Waals surface area contributed by atoms with Crippen LogP contribution in [-0.4, -0.2) is 21.6 Å². The van der Waals surface area contributed by atoms with Crippen LogP contribution < -0.4 is 5.32 Å². The first kappa shape index (κ1) is 26.4. The number of carboxylic acids is 1. The number of aromatic nitrogens is 1. The Balaban J connectivity index is 1.38. The van der Waals surface area contributed by atoms with E-state index in [9.17, 15) is 14.7 Å². The number of carbonyl (C=O) groups is 2. The summed E-state index contributed by atoms with van der Waals surface area (Å²) in [7, 11) is 0. The quantitative estimate of drug-likeness (QED) is 0.205. The van der Waals surface area contributed by atoms with Crippen LogP contribution >= 0.6 is 15.9 Å². The number of aryl methyl sites for hydroxylation is 1. The maximum absolute atomic E-state index is 13.1. The Morgan fingerprint density at radius 1 is 0.923 bits per heavy atom. The van der Waals surface area contributed by atoms with Crippen molar-refractivity contribution in [3.63, 3.8) is 0 Å². The minimum Gasteiger partial charge on any atom is -0.478 e. The van der Waals surface area contributed by atoms with Gasteiger partial charge in [-0.05, 0) is 85.0 Å². The highest BCUT2D eigenvalue weighted by molar-refractivity contribution is 9.10. The highest BCUT2D eigenvalue weighted by Crippen LogP contribution is 2.29. The second-order valence-corrected chi connectivity index (χ2v) is 10.7. The summed E-state index contributed by atoms with van der Waals surface area (Å²) < 4.78 is 3.27. The van der Waals surface area contributed by atoms with Gasteiger partial charge in [-0.3, -0.25) is 4.79 Å². The number of hydrogen-bond acceptors (Lipinski definition) is 2. The van der Waals surface area contributed by atoms with E-state index in [1.165, 1.54) is 0 Å². The highest BCUT2D eigenvalue weighted by Gasteiger charge is 2.17. The molecule has 0 radical (unpaired) electrons. The molecule has 0 aliphatic rings. The largest absolute Gasteiger partial charge is 0.478 e. The lowest BCUT2D eigenvalue weighted by Gasteiger charge is -2.15. The van der Waals surface area contributed by atoms with Gasteiger partial charge in [-0.2, -0.15) is 0 Å². The summed E-state index contributed by atoms with van der Waals surface area (Å²) in [5.74, 6) is -1.04. The number of rotatable bonds is 7. The lowest BCUT2D eigenvalue weighted by molar-refractivity contribution is 0.0697. The van der Waals surface area contributed by atoms with Gasteiger partial charge in [0.2, 0.25) is 0 Å². The summed E-state index contributed by atoms with van der Waals surface area (Å²) in [6.45, 7) is 6.84. The third-order valence-corrected chi connectivity index (χ3v) is 7.91. The smallest absolute Gasteiger partial charge is 0.336 e. The van der Waals surface area contributed by atoms with Crippen molar-refractivity contribution in [2.75, 3.05) is 0 Å². The molecule has 0 aliphatic heterocycles. The van der Waals surface area contributed by atoms with Crippen LogP contribution in [0.1, 0.15) is 56.1 Å². The summed E-state index contributed by atoms with van der Waals surface area (Å²) in [4.78, 5) is 24.7. The lowest BCUT2D eigenvalue weighted by Crippen LogP contribution is -2.26. The third kappa shape index (κ3) is 5.38. The lowest BCUT2D eigenvalue weighted by atomic mass is 9.99. The van der Waals surface area contributed by atoms with Gasteiger partial charge < -0.3 is 15.0 Å². The predicted molar refractivity (Wildman–Crippen MR) is 159 cm³/mol. The van der Waals surface area contributed by atoms with E-state index in [0.717, 1.165) is 43.3 Å². The molecule has 4 aromatic carbocycles. The molecule has 0 spiro atoms. The zero-order chi connectivity index (χ0) is 27.7. The van der Waals surface area contributed by atoms with Gasteiger partial charge in [0.05, 0.1) is 11.6 Å². The molecule has 0 aliphatic carbocycles. The molecule has 1 atom stereocenters. The van der Waals surface area contributed by atoms with Gasteiger partial charge in [-0.25, -0.2) is 4.79 Å². The summed E-state index contributed by atoms with van der Waals surface area (Å²) >= 11 is 3.45. The Morgan fingerprint density at radius 2 is 1.62 bits per heavy atom. The second kappa shape index (κ2) is 10.9. The minimum atomic E-state index is -0.935. The SMILES string of the molecule is Cc1c(C)n(Cc2ccc(-c3ccccc3C(=O)O)cc2)c2ccc(C(=O)N[C@H](C)c3ccc(Br)cc3)cc12. The standard InChI is InChI=1S/C33H29BrN2O3/c1-20-22(3)36(19-23-8-10-25(11-9-23)28-6-4-5-7-29(28)33(38)39)31-17-14-26(18-30(20)31)32(37)35-21(2)24-12-15-27(34)16-13-24/h4-18,21H,19H2,1-3H3,(H,35,37)(H,38,39)/t21-/m1/s1. The summed E-state index contributed by atoms with van der Waals surface area (Å²) in [6, 6.07) is 28.8. The van der Waals surface area contributed by atoms with Crippen molar-refractivity contribution < 1.29 is 14.7 Å². The number of hydrogen-bond donors (Lipinski definition) is 2. The van der Waals surface area contributed by atoms with Crippen molar-refractivity contribution in [2.24, 2.45) is 0 Å². The Bertz CT molecular complexity index is 1690. The van der Waals surface area contributed by atoms with Crippen LogP contribution in [0.4, 0.5) is 0 Å². The van der Waals surface area contributed by atoms with Gasteiger partial charge in [0, 0.05) is 33.2 Å². The first-order chi connectivity index (χ1) is 18.7. The number of fused-ring (bicyclic) bond motifs is 1. The molecular weight excluding hydrogens is 552 g/mol. The van der Waals surface area contributed by atoms with Gasteiger partial charge in [-0.1, -0.05) is 70.5 Å². The van der Waals surface area contributed by atoms with Crippen LogP contribution in [0.15, 0.2) is 95.5 Å². The van der Waals surface area contributed by atoms with Crippen molar-refractivity contribution in [3.05, 3.63) is 129 Å². The molecule has 5 rings (SSSR count). The van der Waals surface area contributed by atoms with Crippen molar-refractivity contribution >= 4 is 38.7 Å². The maximum Gasteiger partial charge on any atom is 0.336 e. The highest BCUT2D eigenvalue weighted by atomic mass is 79.9. The second-order valence-electron chi connectivity index (χ2n) is 9.82. The third-order valence-electron chi connectivity index (χ3n) is 7.38. The van der Waals surface area contributed by atoms with Gasteiger partial charge in [-0.15, -0.1) is 0 Å². The molecule has 0 saturated heterocycles. The normalized spacial score (nSPS) is 11.9. The average Bonchev–Trinajstić information content (AvgIpc) is 3.18. The van der Waals surface area contributed by atoms with E-state index in [4.69, 9.17) is 0 Å². The van der Waals surface area contributed by atoms with Crippen LogP contribution in [-0.2, 0) is 6.54 Å². The maximum atomic E-state index is 13.1. The van der Waals surface area contributed by atoms with E-state index >= 15 is 0 Å². The fourth-order valence-corrected chi connectivity index (χ4v) is 5.27. The van der Waals surface area contributed by atoms with E-state index in [-0.39, 0.29) is 11.9 Å². The summed E-state index contributed by atoms with van der Waals surface area (Å²) in [6.07, 6.45) is 0. The number of benzene rings is 4. The molecule has 0 fully saturated rings. The van der Waals surface area contributed by atoms with Crippen LogP contribution in [0.3, 0.4) is 0 Å². The molecule has 6 heteroatoms. The Kier molecular flexibility index (Phi) is 7.40. The monoisotopic (exact) mass is 580 g/mol. The zero-order valence-corrected chi connectivity index (χ0v) is 23.6. The predicted octanol–water partition coefficient (Wildman–Crippen LogP) is 7.93. The zero-order valence-electron chi connectivity index (χ0n) is 22.0. The molecule has 0 bridgehead atoms. The Morgan fingerprint density at radius 3 is 2.31 bits per heavy atom. The van der Waals surface area contributed by atoms with Crippen LogP contribution in [0.2, 0.25) is 0 Å². The summed E-state index contributed by atoms with van der Waals surface area (Å²) in [5.41, 5.74) is 8.01. The topological polar surface area (TPSA) is 71.3 Å². The van der Waals surface area contributed by atoms with Gasteiger partial charge in [0.25, 0.3) is 5.91 Å². The van der Waals surface area contributed by atoms with Crippen LogP contribution in [0, 0.1) is 13.8 Å². The van der Waals surface area contributed by atoms with Crippen LogP contribution in [0.5, 0.6) is 0 Å². The number of aromatic carboxylic acids is 1. The molecule has 0 saturated carbocycles. The molecule has 1 heterocycles. The Labute approximate surface area is 236 Å². The number of halogens is 1. The van der Waals surface area contributed by atoms with Gasteiger partial charge in [0.1, 0.15) is 0 Å². The van der Waals surface area contributed by atoms with Crippen LogP contribution in [0.25, 0.3) is 22.0 Å². The molecule has 0 unspecified atom stereocenters. The van der Waals surface area contributed by atoms with Gasteiger partial charge in [0.15, 0.2) is 0 Å². The Hall–Kier alpha value is -4.16. The molecule has 5 nitrogen and oxygen atoms in total. The van der Waals surface area contributed by atoms with Crippen molar-refractivity contribution in [2.45, 2.75) is 33.4 Å². The van der Waals surface area contributed by atoms with Gasteiger partial charge >= 0.3 is 5.97 Å². The molecular formula is C33H29BrN2O3. The average molecular weight is 582 g/mol. The van der Waals surface area contributed by atoms with E-state index in [1.54, 1.807) is 12.1 Å². The molecule has 5 aromatic rings. The molecule has 1 aromatic heterocycles. The number of amides is 1. The molecule has 2 N–H and O–H groups in total. The van der Waals surface area contributed by atoms with E-state index in [2.05, 4.69) is 39.7 Å². The molecule has 1 amide bonds. The first-order valence-corrected chi connectivity index (χ1v) is 13.6. The first-order valence-electron chi connectivity index (χ1n) is 12.8. The van der Waals surface area contributed by atoms with Crippen molar-refractivity contribution in [1.82, 2.24) is 9.88 Å². The summed E-state index contributed by atoms with van der Waals surface area (Å²) in [5, 5.41) is 13.7. The molecule has 196 valence electrons. The van der Waals surface area contributed by atoms with E-state index in [0.29, 0.717) is 23.2 Å². The number of nitrogens with zero attached hydrogens (tertiary/aromatic N) is 1. The number of nitrogens with one attached hydrogen (secondary N) is 1. The fourth-order valence-electron chi connectivity index (χ4n) is 5.00. The van der Waals surface area contributed by atoms with Crippen molar-refractivity contribution in [3.8, 4) is 11.1 Å². The van der Waals surface area contributed by atoms with E-state index < -0.39 is 5.97 Å². The van der Waals surface area contributed by atoms with Crippen molar-refractivity contribution in [1.29, 1.82) is 0 Å².